The summed E-state index contributed by atoms with van der Waals surface area (Å²) in [5.41, 5.74) is -0.00492. The van der Waals surface area contributed by atoms with Gasteiger partial charge in [-0.05, 0) is 66.8 Å². The van der Waals surface area contributed by atoms with Gasteiger partial charge in [-0.1, -0.05) is 25.3 Å². The minimum Gasteiger partial charge on any atom is -0.444 e. The maximum atomic E-state index is 12.7. The van der Waals surface area contributed by atoms with Crippen molar-refractivity contribution in [3.8, 4) is 0 Å². The summed E-state index contributed by atoms with van der Waals surface area (Å²) in [6.45, 7) is 15.4. The molecule has 27 heavy (non-hydrogen) atoms. The van der Waals surface area contributed by atoms with Crippen LogP contribution in [0.2, 0.25) is 0 Å². The van der Waals surface area contributed by atoms with Crippen molar-refractivity contribution < 1.29 is 18.8 Å². The van der Waals surface area contributed by atoms with E-state index in [2.05, 4.69) is 33.8 Å². The Hall–Kier alpha value is -1.01. The molecule has 0 aromatic rings. The van der Waals surface area contributed by atoms with Crippen molar-refractivity contribution in [2.75, 3.05) is 13.1 Å². The lowest BCUT2D eigenvalue weighted by Crippen LogP contribution is -2.51. The molecule has 1 saturated heterocycles. The zero-order valence-corrected chi connectivity index (χ0v) is 18.2. The highest BCUT2D eigenvalue weighted by Crippen LogP contribution is 2.49. The van der Waals surface area contributed by atoms with E-state index in [4.69, 9.17) is 14.0 Å². The monoisotopic (exact) mass is 377 g/mol. The van der Waals surface area contributed by atoms with E-state index in [1.165, 1.54) is 24.7 Å². The fourth-order valence-corrected chi connectivity index (χ4v) is 4.40. The summed E-state index contributed by atoms with van der Waals surface area (Å²) in [6.07, 6.45) is 7.70. The van der Waals surface area contributed by atoms with E-state index < -0.39 is 5.60 Å². The third-order valence-corrected chi connectivity index (χ3v) is 6.61. The molecule has 1 spiro atoms. The van der Waals surface area contributed by atoms with Crippen LogP contribution in [0.15, 0.2) is 11.5 Å². The Morgan fingerprint density at radius 2 is 1.63 bits per heavy atom. The van der Waals surface area contributed by atoms with Crippen molar-refractivity contribution in [1.29, 1.82) is 0 Å². The van der Waals surface area contributed by atoms with Crippen LogP contribution in [0.4, 0.5) is 4.79 Å². The van der Waals surface area contributed by atoms with Crippen molar-refractivity contribution in [3.05, 3.63) is 11.5 Å². The topological polar surface area (TPSA) is 48.0 Å². The first-order valence-corrected chi connectivity index (χ1v) is 10.4. The summed E-state index contributed by atoms with van der Waals surface area (Å²) in [5.74, 6) is 0. The second-order valence-electron chi connectivity index (χ2n) is 10.4. The van der Waals surface area contributed by atoms with Gasteiger partial charge in [-0.15, -0.1) is 0 Å². The Kier molecular flexibility index (Phi) is 5.22. The number of hydrogen-bond acceptors (Lipinski definition) is 4. The van der Waals surface area contributed by atoms with E-state index in [9.17, 15) is 4.79 Å². The van der Waals surface area contributed by atoms with Gasteiger partial charge in [-0.2, -0.15) is 0 Å². The molecule has 0 aromatic carbocycles. The average Bonchev–Trinajstić information content (AvgIpc) is 2.74. The van der Waals surface area contributed by atoms with Crippen LogP contribution >= 0.6 is 0 Å². The summed E-state index contributed by atoms with van der Waals surface area (Å²) in [4.78, 5) is 14.5. The summed E-state index contributed by atoms with van der Waals surface area (Å²) in [7, 11) is -0.325. The lowest BCUT2D eigenvalue weighted by molar-refractivity contribution is 0.00578. The summed E-state index contributed by atoms with van der Waals surface area (Å²) >= 11 is 0. The smallest absolute Gasteiger partial charge is 0.444 e. The van der Waals surface area contributed by atoms with Crippen LogP contribution in [0.5, 0.6) is 0 Å². The molecule has 1 amide bonds. The minimum atomic E-state index is -0.480. The molecular formula is C21H36BNO4. The normalized spacial score (nSPS) is 26.9. The predicted octanol–water partition coefficient (Wildman–Crippen LogP) is 4.75. The van der Waals surface area contributed by atoms with Crippen LogP contribution in [0.25, 0.3) is 0 Å². The summed E-state index contributed by atoms with van der Waals surface area (Å²) in [6, 6.07) is 0. The molecule has 0 unspecified atom stereocenters. The fourth-order valence-electron chi connectivity index (χ4n) is 4.40. The van der Waals surface area contributed by atoms with E-state index in [1.807, 2.05) is 25.7 Å². The number of carbonyl (C=O) groups is 1. The number of hydrogen-bond donors (Lipinski definition) is 0. The van der Waals surface area contributed by atoms with Crippen LogP contribution in [0.1, 0.15) is 80.6 Å². The van der Waals surface area contributed by atoms with E-state index in [0.29, 0.717) is 13.1 Å². The summed E-state index contributed by atoms with van der Waals surface area (Å²) < 4.78 is 18.4. The van der Waals surface area contributed by atoms with Crippen LogP contribution < -0.4 is 0 Å². The van der Waals surface area contributed by atoms with E-state index in [1.54, 1.807) is 0 Å². The molecular weight excluding hydrogens is 341 g/mol. The first-order chi connectivity index (χ1) is 12.4. The van der Waals surface area contributed by atoms with E-state index in [-0.39, 0.29) is 29.8 Å². The number of nitrogens with zero attached hydrogens (tertiary/aromatic N) is 1. The first kappa shape index (κ1) is 20.7. The van der Waals surface area contributed by atoms with Crippen molar-refractivity contribution in [2.24, 2.45) is 5.41 Å². The third kappa shape index (κ3) is 4.07. The molecule has 0 atom stereocenters. The Balaban J connectivity index is 1.86. The molecule has 0 aromatic heterocycles. The molecule has 6 heteroatoms. The predicted molar refractivity (Wildman–Crippen MR) is 107 cm³/mol. The van der Waals surface area contributed by atoms with Gasteiger partial charge in [0.25, 0.3) is 0 Å². The van der Waals surface area contributed by atoms with Gasteiger partial charge in [-0.3, -0.25) is 0 Å². The fraction of sp³-hybridized carbons (Fsp3) is 0.857. The van der Waals surface area contributed by atoms with Crippen LogP contribution in [-0.4, -0.2) is 48.0 Å². The van der Waals surface area contributed by atoms with E-state index in [0.717, 1.165) is 12.8 Å². The van der Waals surface area contributed by atoms with Crippen molar-refractivity contribution >= 4 is 13.2 Å². The maximum Gasteiger partial charge on any atom is 0.490 e. The largest absolute Gasteiger partial charge is 0.490 e. The second-order valence-corrected chi connectivity index (χ2v) is 10.4. The number of carbonyl (C=O) groups excluding carboxylic acids is 1. The molecule has 1 aliphatic carbocycles. The molecule has 152 valence electrons. The molecule has 3 aliphatic rings. The second kappa shape index (κ2) is 6.80. The molecule has 0 radical (unpaired) electrons. The zero-order chi connectivity index (χ0) is 20.1. The van der Waals surface area contributed by atoms with E-state index >= 15 is 0 Å². The van der Waals surface area contributed by atoms with Crippen molar-refractivity contribution in [3.63, 3.8) is 0 Å². The molecule has 3 rings (SSSR count). The molecule has 0 N–H and O–H groups in total. The number of ether oxygens (including phenoxy) is 1. The van der Waals surface area contributed by atoms with Crippen molar-refractivity contribution in [2.45, 2.75) is 97.4 Å². The quantitative estimate of drug-likeness (QED) is 0.619. The van der Waals surface area contributed by atoms with Crippen LogP contribution in [0.3, 0.4) is 0 Å². The third-order valence-electron chi connectivity index (χ3n) is 6.61. The summed E-state index contributed by atoms with van der Waals surface area (Å²) in [5, 5.41) is 0. The van der Waals surface area contributed by atoms with Gasteiger partial charge in [0, 0.05) is 18.5 Å². The minimum absolute atomic E-state index is 0.0609. The van der Waals surface area contributed by atoms with Crippen LogP contribution in [-0.2, 0) is 14.0 Å². The molecule has 1 saturated carbocycles. The van der Waals surface area contributed by atoms with Gasteiger partial charge in [0.05, 0.1) is 11.2 Å². The van der Waals surface area contributed by atoms with Gasteiger partial charge in [0.15, 0.2) is 0 Å². The first-order valence-electron chi connectivity index (χ1n) is 10.4. The highest BCUT2D eigenvalue weighted by Gasteiger charge is 2.57. The van der Waals surface area contributed by atoms with Gasteiger partial charge in [0.1, 0.15) is 5.60 Å². The highest BCUT2D eigenvalue weighted by atomic mass is 16.7. The van der Waals surface area contributed by atoms with Crippen LogP contribution in [0, 0.1) is 5.41 Å². The lowest BCUT2D eigenvalue weighted by atomic mass is 9.55. The Labute approximate surface area is 164 Å². The lowest BCUT2D eigenvalue weighted by Gasteiger charge is -2.46. The van der Waals surface area contributed by atoms with Gasteiger partial charge in [0.2, 0.25) is 0 Å². The Morgan fingerprint density at radius 3 is 2.15 bits per heavy atom. The number of amides is 1. The van der Waals surface area contributed by atoms with Gasteiger partial charge >= 0.3 is 13.2 Å². The Bertz CT molecular complexity index is 598. The average molecular weight is 377 g/mol. The Morgan fingerprint density at radius 1 is 1.07 bits per heavy atom. The molecule has 2 heterocycles. The SMILES string of the molecule is CC(C)(C)OC(=O)N1CC=C(B2OC(C)(C)C(C)(C)O2)C2(CCCCC2)C1. The molecule has 2 aliphatic heterocycles. The highest BCUT2D eigenvalue weighted by molar-refractivity contribution is 6.55. The van der Waals surface area contributed by atoms with Crippen molar-refractivity contribution in [1.82, 2.24) is 4.90 Å². The zero-order valence-electron chi connectivity index (χ0n) is 18.2. The molecule has 2 fully saturated rings. The molecule has 5 nitrogen and oxygen atoms in total. The maximum absolute atomic E-state index is 12.7. The van der Waals surface area contributed by atoms with Gasteiger partial charge < -0.3 is 18.9 Å². The molecule has 0 bridgehead atoms. The standard InChI is InChI=1S/C21H36BNO4/c1-18(2,3)25-17(24)23-14-11-16(21(15-23)12-9-8-10-13-21)22-26-19(4,5)20(6,7)27-22/h11H,8-10,12-15H2,1-7H3. The van der Waals surface area contributed by atoms with Gasteiger partial charge in [-0.25, -0.2) is 4.79 Å². The number of rotatable bonds is 1.